The van der Waals surface area contributed by atoms with Gasteiger partial charge >= 0.3 is 5.97 Å². The Hall–Kier alpha value is -3.08. The maximum absolute atomic E-state index is 11.9. The minimum absolute atomic E-state index is 0.200. The summed E-state index contributed by atoms with van der Waals surface area (Å²) in [6, 6.07) is 16.9. The lowest BCUT2D eigenvalue weighted by Crippen LogP contribution is -2.08. The zero-order valence-electron chi connectivity index (χ0n) is 14.4. The minimum atomic E-state index is -0.508. The van der Waals surface area contributed by atoms with Gasteiger partial charge in [0.2, 0.25) is 0 Å². The van der Waals surface area contributed by atoms with Crippen LogP contribution in [0.5, 0.6) is 11.5 Å². The van der Waals surface area contributed by atoms with Crippen LogP contribution >= 0.6 is 0 Å². The molecule has 128 valence electrons. The Morgan fingerprint density at radius 3 is 2.48 bits per heavy atom. The second kappa shape index (κ2) is 7.21. The molecule has 3 aromatic rings. The Balaban J connectivity index is 2.09. The number of aromatic nitrogens is 1. The molecular formula is C20H19NO4. The molecule has 0 saturated carbocycles. The Labute approximate surface area is 146 Å². The second-order valence-electron chi connectivity index (χ2n) is 5.52. The molecule has 5 heteroatoms. The van der Waals surface area contributed by atoms with Gasteiger partial charge in [-0.1, -0.05) is 30.3 Å². The number of carbonyl (C=O) groups is 1. The van der Waals surface area contributed by atoms with Crippen LogP contribution in [0, 0.1) is 0 Å². The number of hydrogen-bond donors (Lipinski definition) is 0. The van der Waals surface area contributed by atoms with Crippen molar-refractivity contribution in [2.75, 3.05) is 14.2 Å². The molecule has 5 nitrogen and oxygen atoms in total. The van der Waals surface area contributed by atoms with Gasteiger partial charge in [0.15, 0.2) is 5.69 Å². The fourth-order valence-corrected chi connectivity index (χ4v) is 2.71. The molecule has 0 amide bonds. The molecule has 0 aliphatic carbocycles. The molecule has 0 radical (unpaired) electrons. The van der Waals surface area contributed by atoms with E-state index in [0.717, 1.165) is 16.7 Å². The van der Waals surface area contributed by atoms with E-state index in [1.54, 1.807) is 13.2 Å². The lowest BCUT2D eigenvalue weighted by atomic mass is 10.0. The van der Waals surface area contributed by atoms with Gasteiger partial charge in [0.1, 0.15) is 17.6 Å². The summed E-state index contributed by atoms with van der Waals surface area (Å²) in [5.74, 6) is 0.828. The Morgan fingerprint density at radius 1 is 1.04 bits per heavy atom. The lowest BCUT2D eigenvalue weighted by Gasteiger charge is -2.18. The molecule has 1 atom stereocenters. The number of ether oxygens (including phenoxy) is 3. The van der Waals surface area contributed by atoms with Crippen molar-refractivity contribution in [2.45, 2.75) is 13.0 Å². The summed E-state index contributed by atoms with van der Waals surface area (Å²) in [7, 11) is 2.89. The van der Waals surface area contributed by atoms with E-state index >= 15 is 0 Å². The van der Waals surface area contributed by atoms with E-state index in [1.165, 1.54) is 7.11 Å². The van der Waals surface area contributed by atoms with E-state index in [1.807, 2.05) is 55.5 Å². The van der Waals surface area contributed by atoms with Crippen molar-refractivity contribution in [2.24, 2.45) is 0 Å². The van der Waals surface area contributed by atoms with E-state index in [9.17, 15) is 4.79 Å². The summed E-state index contributed by atoms with van der Waals surface area (Å²) in [4.78, 5) is 16.4. The normalized spacial score (nSPS) is 11.8. The highest BCUT2D eigenvalue weighted by atomic mass is 16.5. The molecule has 0 aliphatic rings. The molecule has 0 N–H and O–H groups in total. The standard InChI is InChI=1S/C20H19NO4/c1-13(25-14-8-5-4-6-9-14)15-10-7-11-16-18(23-2)12-17(20(22)24-3)21-19(15)16/h4-13H,1-3H3/t13-/m0/s1. The fraction of sp³-hybridized carbons (Fsp3) is 0.200. The monoisotopic (exact) mass is 337 g/mol. The van der Waals surface area contributed by atoms with Gasteiger partial charge in [0.25, 0.3) is 0 Å². The third-order valence-electron chi connectivity index (χ3n) is 3.94. The highest BCUT2D eigenvalue weighted by Crippen LogP contribution is 2.32. The van der Waals surface area contributed by atoms with E-state index in [-0.39, 0.29) is 11.8 Å². The van der Waals surface area contributed by atoms with Crippen LogP contribution in [0.15, 0.2) is 54.6 Å². The summed E-state index contributed by atoms with van der Waals surface area (Å²) in [5, 5.41) is 0.816. The molecule has 25 heavy (non-hydrogen) atoms. The molecule has 2 aromatic carbocycles. The van der Waals surface area contributed by atoms with Crippen molar-refractivity contribution >= 4 is 16.9 Å². The number of para-hydroxylation sites is 2. The van der Waals surface area contributed by atoms with Gasteiger partial charge in [0, 0.05) is 17.0 Å². The number of carbonyl (C=O) groups excluding carboxylic acids is 1. The molecule has 0 spiro atoms. The van der Waals surface area contributed by atoms with E-state index in [2.05, 4.69) is 4.98 Å². The number of methoxy groups -OCH3 is 2. The predicted molar refractivity (Wildman–Crippen MR) is 95.1 cm³/mol. The maximum Gasteiger partial charge on any atom is 0.356 e. The van der Waals surface area contributed by atoms with Crippen LogP contribution in [0.25, 0.3) is 10.9 Å². The number of nitrogens with zero attached hydrogens (tertiary/aromatic N) is 1. The smallest absolute Gasteiger partial charge is 0.356 e. The van der Waals surface area contributed by atoms with Crippen LogP contribution in [-0.4, -0.2) is 25.2 Å². The van der Waals surface area contributed by atoms with Crippen molar-refractivity contribution < 1.29 is 19.0 Å². The summed E-state index contributed by atoms with van der Waals surface area (Å²) < 4.78 is 16.2. The number of benzene rings is 2. The summed E-state index contributed by atoms with van der Waals surface area (Å²) in [5.41, 5.74) is 1.72. The fourth-order valence-electron chi connectivity index (χ4n) is 2.71. The first kappa shape index (κ1) is 16.8. The maximum atomic E-state index is 11.9. The van der Waals surface area contributed by atoms with Gasteiger partial charge in [-0.2, -0.15) is 0 Å². The van der Waals surface area contributed by atoms with Crippen LogP contribution in [-0.2, 0) is 4.74 Å². The van der Waals surface area contributed by atoms with Gasteiger partial charge in [-0.15, -0.1) is 0 Å². The number of pyridine rings is 1. The summed E-state index contributed by atoms with van der Waals surface area (Å²) in [6.07, 6.45) is -0.254. The van der Waals surface area contributed by atoms with Crippen molar-refractivity contribution in [3.63, 3.8) is 0 Å². The molecule has 0 fully saturated rings. The van der Waals surface area contributed by atoms with Crippen LogP contribution in [0.1, 0.15) is 29.1 Å². The van der Waals surface area contributed by atoms with Crippen LogP contribution < -0.4 is 9.47 Å². The number of hydrogen-bond acceptors (Lipinski definition) is 5. The van der Waals surface area contributed by atoms with E-state index < -0.39 is 5.97 Å². The van der Waals surface area contributed by atoms with Crippen molar-refractivity contribution in [3.8, 4) is 11.5 Å². The Morgan fingerprint density at radius 2 is 1.80 bits per heavy atom. The number of esters is 1. The van der Waals surface area contributed by atoms with Crippen LogP contribution in [0.2, 0.25) is 0 Å². The van der Waals surface area contributed by atoms with Gasteiger partial charge in [-0.25, -0.2) is 9.78 Å². The Bertz CT molecular complexity index is 893. The average Bonchev–Trinajstić information content (AvgIpc) is 2.66. The molecule has 0 aliphatic heterocycles. The number of rotatable bonds is 5. The summed E-state index contributed by atoms with van der Waals surface area (Å²) in [6.45, 7) is 1.95. The van der Waals surface area contributed by atoms with Crippen LogP contribution in [0.4, 0.5) is 0 Å². The van der Waals surface area contributed by atoms with Crippen LogP contribution in [0.3, 0.4) is 0 Å². The highest BCUT2D eigenvalue weighted by Gasteiger charge is 2.18. The van der Waals surface area contributed by atoms with E-state index in [4.69, 9.17) is 14.2 Å². The molecule has 3 rings (SSSR count). The molecule has 0 unspecified atom stereocenters. The van der Waals surface area contributed by atoms with Crippen molar-refractivity contribution in [1.82, 2.24) is 4.98 Å². The van der Waals surface area contributed by atoms with Crippen molar-refractivity contribution in [3.05, 3.63) is 65.9 Å². The molecule has 1 heterocycles. The van der Waals surface area contributed by atoms with Gasteiger partial charge in [-0.05, 0) is 25.1 Å². The second-order valence-corrected chi connectivity index (χ2v) is 5.52. The third-order valence-corrected chi connectivity index (χ3v) is 3.94. The SMILES string of the molecule is COC(=O)c1cc(OC)c2cccc([C@H](C)Oc3ccccc3)c2n1. The Kier molecular flexibility index (Phi) is 4.84. The van der Waals surface area contributed by atoms with Gasteiger partial charge in [-0.3, -0.25) is 0 Å². The lowest BCUT2D eigenvalue weighted by molar-refractivity contribution is 0.0594. The van der Waals surface area contributed by atoms with Crippen molar-refractivity contribution in [1.29, 1.82) is 0 Å². The molecule has 1 aromatic heterocycles. The molecular weight excluding hydrogens is 318 g/mol. The molecule has 0 saturated heterocycles. The first-order valence-electron chi connectivity index (χ1n) is 7.91. The topological polar surface area (TPSA) is 57.7 Å². The first-order chi connectivity index (χ1) is 12.1. The predicted octanol–water partition coefficient (Wildman–Crippen LogP) is 4.17. The number of fused-ring (bicyclic) bond motifs is 1. The first-order valence-corrected chi connectivity index (χ1v) is 7.91. The van der Waals surface area contributed by atoms with Gasteiger partial charge < -0.3 is 14.2 Å². The third kappa shape index (κ3) is 3.40. The quantitative estimate of drug-likeness (QED) is 0.654. The van der Waals surface area contributed by atoms with E-state index in [0.29, 0.717) is 11.3 Å². The van der Waals surface area contributed by atoms with Gasteiger partial charge in [0.05, 0.1) is 19.7 Å². The zero-order chi connectivity index (χ0) is 17.8. The summed E-state index contributed by atoms with van der Waals surface area (Å²) >= 11 is 0. The average molecular weight is 337 g/mol. The minimum Gasteiger partial charge on any atom is -0.496 e. The highest BCUT2D eigenvalue weighted by molar-refractivity contribution is 5.95. The zero-order valence-corrected chi connectivity index (χ0v) is 14.4. The largest absolute Gasteiger partial charge is 0.496 e. The molecule has 0 bridgehead atoms.